The van der Waals surface area contributed by atoms with Crippen molar-refractivity contribution in [3.05, 3.63) is 60.2 Å². The summed E-state index contributed by atoms with van der Waals surface area (Å²) < 4.78 is 0. The van der Waals surface area contributed by atoms with Crippen LogP contribution in [-0.4, -0.2) is 38.0 Å². The highest BCUT2D eigenvalue weighted by Crippen LogP contribution is 2.23. The zero-order valence-corrected chi connectivity index (χ0v) is 16.9. The summed E-state index contributed by atoms with van der Waals surface area (Å²) in [5, 5.41) is 3.01. The lowest BCUT2D eigenvalue weighted by Crippen LogP contribution is -3.14. The summed E-state index contributed by atoms with van der Waals surface area (Å²) in [6, 6.07) is 18.3. The summed E-state index contributed by atoms with van der Waals surface area (Å²) in [5.41, 5.74) is 3.12. The number of carbonyl (C=O) groups is 2. The molecule has 2 N–H and O–H groups in total. The number of likely N-dealkylation sites (tertiary alicyclic amines) is 1. The van der Waals surface area contributed by atoms with Crippen LogP contribution in [0, 0.1) is 5.92 Å². The van der Waals surface area contributed by atoms with Crippen molar-refractivity contribution in [3.8, 4) is 0 Å². The number of nitrogens with one attached hydrogen (secondary N) is 2. The Bertz CT molecular complexity index is 827. The largest absolute Gasteiger partial charge is 0.327 e. The van der Waals surface area contributed by atoms with Gasteiger partial charge in [0.2, 0.25) is 5.91 Å². The average Bonchev–Trinajstić information content (AvgIpc) is 3.17. The van der Waals surface area contributed by atoms with Crippen LogP contribution in [0.3, 0.4) is 0 Å². The van der Waals surface area contributed by atoms with Gasteiger partial charge in [-0.1, -0.05) is 30.3 Å². The van der Waals surface area contributed by atoms with Crippen LogP contribution in [0.2, 0.25) is 0 Å². The smallest absolute Gasteiger partial charge is 0.279 e. The molecule has 4 rings (SSSR count). The Morgan fingerprint density at radius 1 is 1.03 bits per heavy atom. The molecule has 2 aromatic carbocycles. The molecule has 2 fully saturated rings. The van der Waals surface area contributed by atoms with Gasteiger partial charge in [-0.05, 0) is 61.4 Å². The third-order valence-electron chi connectivity index (χ3n) is 6.13. The van der Waals surface area contributed by atoms with Gasteiger partial charge in [-0.25, -0.2) is 0 Å². The highest BCUT2D eigenvalue weighted by molar-refractivity contribution is 5.96. The number of carbonyl (C=O) groups excluding carboxylic acids is 2. The van der Waals surface area contributed by atoms with E-state index in [-0.39, 0.29) is 11.8 Å². The highest BCUT2D eigenvalue weighted by Gasteiger charge is 2.24. The molecular formula is C24H30N3O2+. The number of hydrogen-bond acceptors (Lipinski definition) is 2. The van der Waals surface area contributed by atoms with Crippen molar-refractivity contribution in [1.82, 2.24) is 0 Å². The van der Waals surface area contributed by atoms with Gasteiger partial charge in [0.1, 0.15) is 0 Å². The summed E-state index contributed by atoms with van der Waals surface area (Å²) in [5.74, 6) is 0.970. The van der Waals surface area contributed by atoms with Crippen LogP contribution in [0.4, 0.5) is 11.4 Å². The molecule has 0 spiro atoms. The Morgan fingerprint density at radius 2 is 1.76 bits per heavy atom. The van der Waals surface area contributed by atoms with E-state index < -0.39 is 0 Å². The number of quaternary nitrogens is 1. The van der Waals surface area contributed by atoms with Crippen LogP contribution in [0.25, 0.3) is 0 Å². The van der Waals surface area contributed by atoms with Crippen LogP contribution < -0.4 is 15.1 Å². The van der Waals surface area contributed by atoms with Crippen molar-refractivity contribution >= 4 is 23.2 Å². The molecule has 0 bridgehead atoms. The molecule has 5 nitrogen and oxygen atoms in total. The van der Waals surface area contributed by atoms with Crippen LogP contribution in [0.1, 0.15) is 31.2 Å². The number of anilines is 2. The van der Waals surface area contributed by atoms with Crippen LogP contribution in [-0.2, 0) is 16.0 Å². The predicted molar refractivity (Wildman–Crippen MR) is 115 cm³/mol. The molecule has 29 heavy (non-hydrogen) atoms. The van der Waals surface area contributed by atoms with E-state index in [1.807, 2.05) is 29.2 Å². The van der Waals surface area contributed by atoms with E-state index in [2.05, 4.69) is 35.6 Å². The Hall–Kier alpha value is -2.66. The first-order valence-corrected chi connectivity index (χ1v) is 10.7. The molecule has 2 amide bonds. The number of nitrogens with zero attached hydrogens (tertiary/aromatic N) is 1. The predicted octanol–water partition coefficient (Wildman–Crippen LogP) is 2.29. The summed E-state index contributed by atoms with van der Waals surface area (Å²) in [6.45, 7) is 3.42. The minimum atomic E-state index is 0.0616. The fourth-order valence-electron chi connectivity index (χ4n) is 4.49. The van der Waals surface area contributed by atoms with Gasteiger partial charge in [0.25, 0.3) is 5.91 Å². The molecule has 2 saturated heterocycles. The highest BCUT2D eigenvalue weighted by atomic mass is 16.2. The molecule has 2 aliphatic heterocycles. The molecule has 0 unspecified atom stereocenters. The van der Waals surface area contributed by atoms with Gasteiger partial charge in [-0.2, -0.15) is 0 Å². The average molecular weight is 393 g/mol. The maximum atomic E-state index is 12.4. The molecule has 0 saturated carbocycles. The Balaban J connectivity index is 1.21. The molecule has 0 aliphatic carbocycles. The molecule has 0 aromatic heterocycles. The fourth-order valence-corrected chi connectivity index (χ4v) is 4.49. The lowest BCUT2D eigenvalue weighted by Gasteiger charge is -2.29. The quantitative estimate of drug-likeness (QED) is 0.793. The van der Waals surface area contributed by atoms with Gasteiger partial charge in [-0.15, -0.1) is 0 Å². The van der Waals surface area contributed by atoms with E-state index in [4.69, 9.17) is 0 Å². The van der Waals surface area contributed by atoms with Gasteiger partial charge >= 0.3 is 0 Å². The van der Waals surface area contributed by atoms with Crippen molar-refractivity contribution in [2.75, 3.05) is 36.4 Å². The standard InChI is InChI=1S/C24H29N3O2/c28-23(25-21-8-10-22(11-9-21)27-14-4-7-24(27)29)18-26-15-12-20(13-16-26)17-19-5-2-1-3-6-19/h1-3,5-6,8-11,20H,4,7,12-18H2,(H,25,28)/p+1. The monoisotopic (exact) mass is 392 g/mol. The van der Waals surface area contributed by atoms with Crippen molar-refractivity contribution in [2.24, 2.45) is 5.92 Å². The Labute approximate surface area is 172 Å². The van der Waals surface area contributed by atoms with Crippen molar-refractivity contribution in [3.63, 3.8) is 0 Å². The first kappa shape index (κ1) is 19.6. The Kier molecular flexibility index (Phi) is 6.25. The molecule has 0 atom stereocenters. The number of rotatable bonds is 6. The van der Waals surface area contributed by atoms with Gasteiger partial charge in [0.05, 0.1) is 13.1 Å². The second kappa shape index (κ2) is 9.23. The van der Waals surface area contributed by atoms with Gasteiger partial charge in [-0.3, -0.25) is 9.59 Å². The SMILES string of the molecule is O=C(C[NH+]1CCC(Cc2ccccc2)CC1)Nc1ccc(N2CCCC2=O)cc1. The van der Waals surface area contributed by atoms with Gasteiger partial charge < -0.3 is 15.1 Å². The zero-order chi connectivity index (χ0) is 20.1. The molecule has 2 aromatic rings. The number of hydrogen-bond donors (Lipinski definition) is 2. The van der Waals surface area contributed by atoms with Crippen molar-refractivity contribution < 1.29 is 14.5 Å². The number of piperidine rings is 1. The van der Waals surface area contributed by atoms with Crippen LogP contribution in [0.5, 0.6) is 0 Å². The summed E-state index contributed by atoms with van der Waals surface area (Å²) in [4.78, 5) is 27.5. The van der Waals surface area contributed by atoms with Crippen molar-refractivity contribution in [2.45, 2.75) is 32.1 Å². The number of amides is 2. The van der Waals surface area contributed by atoms with E-state index in [0.717, 1.165) is 49.8 Å². The summed E-state index contributed by atoms with van der Waals surface area (Å²) >= 11 is 0. The molecule has 152 valence electrons. The van der Waals surface area contributed by atoms with Crippen molar-refractivity contribution in [1.29, 1.82) is 0 Å². The lowest BCUT2D eigenvalue weighted by atomic mass is 9.90. The first-order chi connectivity index (χ1) is 14.2. The molecular weight excluding hydrogens is 362 g/mol. The normalized spacial score (nSPS) is 21.9. The van der Waals surface area contributed by atoms with E-state index in [9.17, 15) is 9.59 Å². The third-order valence-corrected chi connectivity index (χ3v) is 6.13. The van der Waals surface area contributed by atoms with E-state index >= 15 is 0 Å². The lowest BCUT2D eigenvalue weighted by molar-refractivity contribution is -0.898. The van der Waals surface area contributed by atoms with Gasteiger partial charge in [0.15, 0.2) is 6.54 Å². The summed E-state index contributed by atoms with van der Waals surface area (Å²) in [6.07, 6.45) is 5.05. The molecule has 0 radical (unpaired) electrons. The van der Waals surface area contributed by atoms with Gasteiger partial charge in [0, 0.05) is 24.3 Å². The van der Waals surface area contributed by atoms with Crippen LogP contribution >= 0.6 is 0 Å². The maximum Gasteiger partial charge on any atom is 0.279 e. The van der Waals surface area contributed by atoms with Crippen LogP contribution in [0.15, 0.2) is 54.6 Å². The van der Waals surface area contributed by atoms with E-state index in [1.165, 1.54) is 23.3 Å². The fraction of sp³-hybridized carbons (Fsp3) is 0.417. The maximum absolute atomic E-state index is 12.4. The summed E-state index contributed by atoms with van der Waals surface area (Å²) in [7, 11) is 0. The molecule has 5 heteroatoms. The minimum absolute atomic E-state index is 0.0616. The minimum Gasteiger partial charge on any atom is -0.327 e. The van der Waals surface area contributed by atoms with E-state index in [1.54, 1.807) is 0 Å². The van der Waals surface area contributed by atoms with E-state index in [0.29, 0.717) is 13.0 Å². The first-order valence-electron chi connectivity index (χ1n) is 10.7. The third kappa shape index (κ3) is 5.24. The number of benzene rings is 2. The molecule has 2 aliphatic rings. The second-order valence-electron chi connectivity index (χ2n) is 8.30. The Morgan fingerprint density at radius 3 is 2.41 bits per heavy atom. The molecule has 2 heterocycles. The topological polar surface area (TPSA) is 53.9 Å². The zero-order valence-electron chi connectivity index (χ0n) is 16.9. The second-order valence-corrected chi connectivity index (χ2v) is 8.30.